The van der Waals surface area contributed by atoms with Gasteiger partial charge in [-0.3, -0.25) is 9.59 Å². The number of sulfonamides is 1. The normalized spacial score (nSPS) is 17.0. The Morgan fingerprint density at radius 1 is 0.969 bits per heavy atom. The number of nitrogens with one attached hydrogen (secondary N) is 2. The minimum Gasteiger partial charge on any atom is -0.348 e. The van der Waals surface area contributed by atoms with Gasteiger partial charge in [0.05, 0.1) is 4.90 Å². The zero-order valence-corrected chi connectivity index (χ0v) is 18.2. The van der Waals surface area contributed by atoms with Gasteiger partial charge in [0.25, 0.3) is 0 Å². The van der Waals surface area contributed by atoms with E-state index in [0.717, 1.165) is 18.6 Å². The second kappa shape index (κ2) is 10.6. The van der Waals surface area contributed by atoms with Gasteiger partial charge in [-0.25, -0.2) is 17.2 Å². The van der Waals surface area contributed by atoms with Crippen LogP contribution >= 0.6 is 0 Å². The Kier molecular flexibility index (Phi) is 7.92. The summed E-state index contributed by atoms with van der Waals surface area (Å²) in [6.07, 6.45) is 2.50. The first kappa shape index (κ1) is 23.8. The monoisotopic (exact) mass is 465 g/mol. The lowest BCUT2D eigenvalue weighted by molar-refractivity contribution is -0.139. The number of nitrogens with zero attached hydrogens (tertiary/aromatic N) is 1. The van der Waals surface area contributed by atoms with Crippen molar-refractivity contribution in [3.05, 3.63) is 65.7 Å². The third-order valence-corrected chi connectivity index (χ3v) is 7.33. The number of hydrogen-bond acceptors (Lipinski definition) is 4. The van der Waals surface area contributed by atoms with Crippen LogP contribution in [0.2, 0.25) is 0 Å². The molecule has 0 unspecified atom stereocenters. The van der Waals surface area contributed by atoms with Crippen molar-refractivity contribution in [2.75, 3.05) is 13.1 Å². The lowest BCUT2D eigenvalue weighted by Crippen LogP contribution is -2.46. The minimum absolute atomic E-state index is 0.0161. The van der Waals surface area contributed by atoms with Gasteiger partial charge in [-0.1, -0.05) is 24.6 Å². The van der Waals surface area contributed by atoms with Crippen LogP contribution < -0.4 is 10.6 Å². The van der Waals surface area contributed by atoms with E-state index in [2.05, 4.69) is 10.6 Å². The fourth-order valence-electron chi connectivity index (χ4n) is 3.65. The summed E-state index contributed by atoms with van der Waals surface area (Å²) in [6, 6.07) is 10.2. The van der Waals surface area contributed by atoms with E-state index >= 15 is 0 Å². The van der Waals surface area contributed by atoms with Crippen LogP contribution in [-0.4, -0.2) is 43.7 Å². The second-order valence-corrected chi connectivity index (χ2v) is 9.43. The van der Waals surface area contributed by atoms with E-state index in [1.165, 1.54) is 34.6 Å². The molecule has 172 valence electrons. The highest BCUT2D eigenvalue weighted by Gasteiger charge is 2.33. The highest BCUT2D eigenvalue weighted by molar-refractivity contribution is 7.89. The van der Waals surface area contributed by atoms with E-state index < -0.39 is 33.5 Å². The highest BCUT2D eigenvalue weighted by Crippen LogP contribution is 2.27. The van der Waals surface area contributed by atoms with Gasteiger partial charge in [0.2, 0.25) is 10.0 Å². The molecule has 7 nitrogen and oxygen atoms in total. The summed E-state index contributed by atoms with van der Waals surface area (Å²) in [5.41, 5.74) is 0.262. The molecule has 0 aromatic heterocycles. The largest absolute Gasteiger partial charge is 0.348 e. The second-order valence-electron chi connectivity index (χ2n) is 7.54. The van der Waals surface area contributed by atoms with E-state index in [1.54, 1.807) is 6.07 Å². The molecule has 0 spiro atoms. The van der Waals surface area contributed by atoms with Crippen LogP contribution in [0.3, 0.4) is 0 Å². The molecule has 0 bridgehead atoms. The van der Waals surface area contributed by atoms with E-state index in [0.29, 0.717) is 25.8 Å². The molecule has 0 radical (unpaired) electrons. The van der Waals surface area contributed by atoms with Gasteiger partial charge in [0.1, 0.15) is 11.6 Å². The molecule has 0 aliphatic carbocycles. The molecule has 2 aromatic rings. The summed E-state index contributed by atoms with van der Waals surface area (Å²) in [5.74, 6) is -2.76. The Morgan fingerprint density at radius 2 is 1.66 bits per heavy atom. The molecule has 0 saturated carbocycles. The molecular weight excluding hydrogens is 440 g/mol. The predicted molar refractivity (Wildman–Crippen MR) is 114 cm³/mol. The quantitative estimate of drug-likeness (QED) is 0.614. The fraction of sp³-hybridized carbons (Fsp3) is 0.364. The topological polar surface area (TPSA) is 95.6 Å². The van der Waals surface area contributed by atoms with Crippen molar-refractivity contribution in [3.8, 4) is 0 Å². The molecule has 1 aliphatic heterocycles. The molecular formula is C22H25F2N3O4S. The van der Waals surface area contributed by atoms with Gasteiger partial charge in [0.15, 0.2) is 0 Å². The molecule has 2 amide bonds. The molecule has 1 heterocycles. The van der Waals surface area contributed by atoms with Crippen molar-refractivity contribution in [1.82, 2.24) is 14.9 Å². The Labute approximate surface area is 185 Å². The van der Waals surface area contributed by atoms with Crippen molar-refractivity contribution in [2.24, 2.45) is 0 Å². The van der Waals surface area contributed by atoms with Crippen molar-refractivity contribution < 1.29 is 26.8 Å². The molecule has 10 heteroatoms. The summed E-state index contributed by atoms with van der Waals surface area (Å²) >= 11 is 0. The smallest absolute Gasteiger partial charge is 0.309 e. The van der Waals surface area contributed by atoms with Gasteiger partial charge < -0.3 is 10.6 Å². The minimum atomic E-state index is -3.80. The SMILES string of the molecule is O=C(NCC[C@H]1CCCCN1S(=O)(=O)c1ccc(F)cc1)C(=O)NCc1ccccc1F. The number of carbonyl (C=O) groups is 2. The van der Waals surface area contributed by atoms with Gasteiger partial charge >= 0.3 is 11.8 Å². The van der Waals surface area contributed by atoms with Crippen LogP contribution in [0.15, 0.2) is 53.4 Å². The third-order valence-electron chi connectivity index (χ3n) is 5.36. The van der Waals surface area contributed by atoms with E-state index in [1.807, 2.05) is 0 Å². The Hall–Kier alpha value is -2.85. The molecule has 32 heavy (non-hydrogen) atoms. The van der Waals surface area contributed by atoms with Crippen LogP contribution in [0.5, 0.6) is 0 Å². The molecule has 1 atom stereocenters. The Balaban J connectivity index is 1.53. The number of piperidine rings is 1. The number of carbonyl (C=O) groups excluding carboxylic acids is 2. The number of halogens is 2. The summed E-state index contributed by atoms with van der Waals surface area (Å²) < 4.78 is 54.1. The van der Waals surface area contributed by atoms with Crippen molar-refractivity contribution in [1.29, 1.82) is 0 Å². The average molecular weight is 466 g/mol. The molecule has 1 fully saturated rings. The number of hydrogen-bond donors (Lipinski definition) is 2. The summed E-state index contributed by atoms with van der Waals surface area (Å²) in [5, 5.41) is 4.84. The maximum Gasteiger partial charge on any atom is 0.309 e. The lowest BCUT2D eigenvalue weighted by atomic mass is 10.0. The van der Waals surface area contributed by atoms with Gasteiger partial charge in [-0.15, -0.1) is 0 Å². The first-order chi connectivity index (χ1) is 15.3. The predicted octanol–water partition coefficient (Wildman–Crippen LogP) is 2.33. The Morgan fingerprint density at radius 3 is 2.38 bits per heavy atom. The molecule has 2 N–H and O–H groups in total. The van der Waals surface area contributed by atoms with Crippen molar-refractivity contribution >= 4 is 21.8 Å². The summed E-state index contributed by atoms with van der Waals surface area (Å²) in [4.78, 5) is 24.0. The maximum atomic E-state index is 13.6. The van der Waals surface area contributed by atoms with E-state index in [4.69, 9.17) is 0 Å². The van der Waals surface area contributed by atoms with E-state index in [-0.39, 0.29) is 29.6 Å². The third kappa shape index (κ3) is 5.89. The number of rotatable bonds is 7. The number of benzene rings is 2. The van der Waals surface area contributed by atoms with Gasteiger partial charge in [0, 0.05) is 31.2 Å². The molecule has 2 aromatic carbocycles. The standard InChI is InChI=1S/C22H25F2N3O4S/c23-17-8-10-19(11-9-17)32(30,31)27-14-4-3-6-18(27)12-13-25-21(28)22(29)26-15-16-5-1-2-7-20(16)24/h1-2,5,7-11,18H,3-4,6,12-15H2,(H,25,28)(H,26,29)/t18-/m1/s1. The van der Waals surface area contributed by atoms with Crippen LogP contribution in [-0.2, 0) is 26.2 Å². The first-order valence-electron chi connectivity index (χ1n) is 10.4. The average Bonchev–Trinajstić information content (AvgIpc) is 2.79. The molecule has 1 saturated heterocycles. The van der Waals surface area contributed by atoms with E-state index in [9.17, 15) is 26.8 Å². The maximum absolute atomic E-state index is 13.6. The van der Waals surface area contributed by atoms with Crippen LogP contribution in [0.1, 0.15) is 31.2 Å². The zero-order chi connectivity index (χ0) is 23.1. The van der Waals surface area contributed by atoms with Crippen molar-refractivity contribution in [3.63, 3.8) is 0 Å². The molecule has 3 rings (SSSR count). The van der Waals surface area contributed by atoms with Gasteiger partial charge in [-0.05, 0) is 49.6 Å². The first-order valence-corrected chi connectivity index (χ1v) is 11.8. The summed E-state index contributed by atoms with van der Waals surface area (Å²) in [7, 11) is -3.80. The highest BCUT2D eigenvalue weighted by atomic mass is 32.2. The van der Waals surface area contributed by atoms with Crippen LogP contribution in [0.25, 0.3) is 0 Å². The Bertz CT molecular complexity index is 1060. The number of amides is 2. The summed E-state index contributed by atoms with van der Waals surface area (Å²) in [6.45, 7) is 0.318. The fourth-order valence-corrected chi connectivity index (χ4v) is 5.37. The molecule has 1 aliphatic rings. The van der Waals surface area contributed by atoms with Crippen LogP contribution in [0, 0.1) is 11.6 Å². The van der Waals surface area contributed by atoms with Crippen LogP contribution in [0.4, 0.5) is 8.78 Å². The van der Waals surface area contributed by atoms with Gasteiger partial charge in [-0.2, -0.15) is 4.31 Å². The van der Waals surface area contributed by atoms with Crippen molar-refractivity contribution in [2.45, 2.75) is 43.2 Å². The zero-order valence-electron chi connectivity index (χ0n) is 17.4. The lowest BCUT2D eigenvalue weighted by Gasteiger charge is -2.34.